The van der Waals surface area contributed by atoms with Gasteiger partial charge in [0.1, 0.15) is 12.1 Å². The maximum atomic E-state index is 12.9. The van der Waals surface area contributed by atoms with Gasteiger partial charge in [-0.3, -0.25) is 14.5 Å². The maximum Gasteiger partial charge on any atom is 0.325 e. The van der Waals surface area contributed by atoms with Crippen LogP contribution in [0.5, 0.6) is 0 Å². The normalized spacial score (nSPS) is 31.8. The molecule has 2 heterocycles. The van der Waals surface area contributed by atoms with Crippen molar-refractivity contribution in [2.24, 2.45) is 5.92 Å². The second-order valence-electron chi connectivity index (χ2n) is 7.72. The number of halogens is 1. The van der Waals surface area contributed by atoms with Crippen LogP contribution in [0.25, 0.3) is 0 Å². The van der Waals surface area contributed by atoms with Gasteiger partial charge in [0, 0.05) is 19.1 Å². The van der Waals surface area contributed by atoms with Crippen LogP contribution < -0.4 is 10.6 Å². The van der Waals surface area contributed by atoms with Crippen molar-refractivity contribution in [1.29, 1.82) is 0 Å². The van der Waals surface area contributed by atoms with Gasteiger partial charge in [0.05, 0.1) is 0 Å². The summed E-state index contributed by atoms with van der Waals surface area (Å²) in [6.45, 7) is 3.37. The molecule has 2 N–H and O–H groups in total. The second kappa shape index (κ2) is 8.57. The van der Waals surface area contributed by atoms with Crippen LogP contribution in [0.4, 0.5) is 4.79 Å². The predicted molar refractivity (Wildman–Crippen MR) is 101 cm³/mol. The van der Waals surface area contributed by atoms with Gasteiger partial charge in [-0.15, -0.1) is 12.4 Å². The van der Waals surface area contributed by atoms with E-state index in [0.29, 0.717) is 31.8 Å². The van der Waals surface area contributed by atoms with E-state index in [0.717, 1.165) is 37.0 Å². The average molecular weight is 387 g/mol. The Morgan fingerprint density at radius 3 is 2.58 bits per heavy atom. The topological polar surface area (TPSA) is 81.8 Å². The number of piperidine rings is 1. The van der Waals surface area contributed by atoms with E-state index in [1.165, 1.54) is 0 Å². The zero-order valence-electron chi connectivity index (χ0n) is 15.8. The summed E-state index contributed by atoms with van der Waals surface area (Å²) >= 11 is 0. The van der Waals surface area contributed by atoms with Crippen molar-refractivity contribution in [3.8, 4) is 0 Å². The van der Waals surface area contributed by atoms with Crippen LogP contribution >= 0.6 is 12.4 Å². The zero-order chi connectivity index (χ0) is 18.0. The van der Waals surface area contributed by atoms with E-state index < -0.39 is 11.6 Å². The molecule has 3 fully saturated rings. The van der Waals surface area contributed by atoms with Crippen LogP contribution in [0.15, 0.2) is 0 Å². The van der Waals surface area contributed by atoms with Gasteiger partial charge in [0.25, 0.3) is 5.91 Å². The molecule has 0 radical (unpaired) electrons. The Labute approximate surface area is 161 Å². The van der Waals surface area contributed by atoms with E-state index in [4.69, 9.17) is 0 Å². The highest BCUT2D eigenvalue weighted by molar-refractivity contribution is 6.09. The molecule has 1 unspecified atom stereocenters. The average Bonchev–Trinajstić information content (AvgIpc) is 2.86. The van der Waals surface area contributed by atoms with Crippen LogP contribution in [-0.2, 0) is 9.59 Å². The minimum Gasteiger partial charge on any atom is -0.340 e. The summed E-state index contributed by atoms with van der Waals surface area (Å²) in [7, 11) is 1.90. The molecule has 26 heavy (non-hydrogen) atoms. The third-order valence-electron chi connectivity index (χ3n) is 6.26. The summed E-state index contributed by atoms with van der Waals surface area (Å²) in [5, 5.41) is 6.10. The minimum atomic E-state index is -0.765. The van der Waals surface area contributed by atoms with E-state index in [2.05, 4.69) is 17.6 Å². The second-order valence-corrected chi connectivity index (χ2v) is 7.72. The number of carbonyl (C=O) groups excluding carboxylic acids is 3. The molecule has 1 atom stereocenters. The van der Waals surface area contributed by atoms with Crippen molar-refractivity contribution < 1.29 is 14.4 Å². The van der Waals surface area contributed by atoms with Crippen molar-refractivity contribution in [1.82, 2.24) is 20.4 Å². The molecule has 1 spiro atoms. The number of nitrogens with one attached hydrogen (secondary N) is 2. The zero-order valence-corrected chi connectivity index (χ0v) is 16.6. The number of carbonyl (C=O) groups is 3. The minimum absolute atomic E-state index is 0. The molecule has 0 bridgehead atoms. The Morgan fingerprint density at radius 2 is 1.96 bits per heavy atom. The van der Waals surface area contributed by atoms with Crippen LogP contribution in [0.1, 0.15) is 51.9 Å². The molecule has 3 aliphatic rings. The first-order valence-electron chi connectivity index (χ1n) is 9.58. The summed E-state index contributed by atoms with van der Waals surface area (Å²) < 4.78 is 0. The molecule has 0 aromatic heterocycles. The Balaban J connectivity index is 0.00000243. The largest absolute Gasteiger partial charge is 0.340 e. The predicted octanol–water partition coefficient (Wildman–Crippen LogP) is 1.51. The third kappa shape index (κ3) is 3.98. The summed E-state index contributed by atoms with van der Waals surface area (Å²) in [4.78, 5) is 40.7. The number of urea groups is 1. The molecule has 7 nitrogen and oxygen atoms in total. The quantitative estimate of drug-likeness (QED) is 0.717. The molecular formula is C18H31ClN4O3. The fraction of sp³-hybridized carbons (Fsp3) is 0.833. The highest BCUT2D eigenvalue weighted by Gasteiger charge is 2.52. The highest BCUT2D eigenvalue weighted by atomic mass is 35.5. The van der Waals surface area contributed by atoms with E-state index in [1.54, 1.807) is 4.90 Å². The van der Waals surface area contributed by atoms with Crippen molar-refractivity contribution in [3.63, 3.8) is 0 Å². The fourth-order valence-electron chi connectivity index (χ4n) is 4.41. The van der Waals surface area contributed by atoms with Crippen molar-refractivity contribution in [3.05, 3.63) is 0 Å². The van der Waals surface area contributed by atoms with E-state index in [-0.39, 0.29) is 36.8 Å². The Kier molecular flexibility index (Phi) is 6.91. The molecule has 4 amide bonds. The van der Waals surface area contributed by atoms with Gasteiger partial charge >= 0.3 is 6.03 Å². The fourth-order valence-corrected chi connectivity index (χ4v) is 4.41. The lowest BCUT2D eigenvalue weighted by Crippen LogP contribution is -2.52. The first kappa shape index (κ1) is 21.0. The smallest absolute Gasteiger partial charge is 0.325 e. The molecular weight excluding hydrogens is 356 g/mol. The van der Waals surface area contributed by atoms with Gasteiger partial charge in [0.15, 0.2) is 0 Å². The molecule has 148 valence electrons. The Hall–Kier alpha value is -1.34. The number of likely N-dealkylation sites (tertiary alicyclic amines) is 1. The summed E-state index contributed by atoms with van der Waals surface area (Å²) in [5.41, 5.74) is -0.765. The molecule has 0 aromatic rings. The number of amides is 4. The van der Waals surface area contributed by atoms with Gasteiger partial charge in [0.2, 0.25) is 5.91 Å². The van der Waals surface area contributed by atoms with E-state index >= 15 is 0 Å². The van der Waals surface area contributed by atoms with Crippen molar-refractivity contribution in [2.75, 3.05) is 26.7 Å². The van der Waals surface area contributed by atoms with E-state index in [1.807, 2.05) is 7.05 Å². The number of nitrogens with zero attached hydrogens (tertiary/aromatic N) is 2. The summed E-state index contributed by atoms with van der Waals surface area (Å²) in [6.07, 6.45) is 6.39. The summed E-state index contributed by atoms with van der Waals surface area (Å²) in [6, 6.07) is -0.119. The third-order valence-corrected chi connectivity index (χ3v) is 6.26. The van der Waals surface area contributed by atoms with Crippen LogP contribution in [0.2, 0.25) is 0 Å². The number of likely N-dealkylation sites (N-methyl/N-ethyl adjacent to an activating group) is 1. The highest BCUT2D eigenvalue weighted by Crippen LogP contribution is 2.37. The van der Waals surface area contributed by atoms with Crippen molar-refractivity contribution >= 4 is 30.3 Å². The number of hydrogen-bond acceptors (Lipinski definition) is 4. The van der Waals surface area contributed by atoms with Crippen LogP contribution in [0.3, 0.4) is 0 Å². The lowest BCUT2D eigenvalue weighted by atomic mass is 9.75. The SMILES string of the molecule is CCC1CCC2(CC1)NC(=O)N(CC(=O)N1CCCC(NC)C1)C2=O.Cl. The van der Waals surface area contributed by atoms with Gasteiger partial charge in [-0.25, -0.2) is 4.79 Å². The number of imide groups is 1. The lowest BCUT2D eigenvalue weighted by molar-refractivity contribution is -0.140. The maximum absolute atomic E-state index is 12.9. The van der Waals surface area contributed by atoms with Crippen LogP contribution in [0, 0.1) is 5.92 Å². The van der Waals surface area contributed by atoms with Gasteiger partial charge < -0.3 is 15.5 Å². The van der Waals surface area contributed by atoms with E-state index in [9.17, 15) is 14.4 Å². The lowest BCUT2D eigenvalue weighted by Gasteiger charge is -2.35. The summed E-state index contributed by atoms with van der Waals surface area (Å²) in [5.74, 6) is 0.295. The Bertz CT molecular complexity index is 549. The molecule has 3 rings (SSSR count). The first-order chi connectivity index (χ1) is 12.0. The standard InChI is InChI=1S/C18H30N4O3.ClH/c1-3-13-6-8-18(9-7-13)16(24)22(17(25)20-18)12-15(23)21-10-4-5-14(11-21)19-2;/h13-14,19H,3-12H2,1-2H3,(H,20,25);1H. The molecule has 2 saturated heterocycles. The Morgan fingerprint density at radius 1 is 1.27 bits per heavy atom. The van der Waals surface area contributed by atoms with Gasteiger partial charge in [-0.1, -0.05) is 13.3 Å². The van der Waals surface area contributed by atoms with Gasteiger partial charge in [-0.05, 0) is 51.5 Å². The number of rotatable bonds is 4. The molecule has 1 aliphatic carbocycles. The van der Waals surface area contributed by atoms with Crippen molar-refractivity contribution in [2.45, 2.75) is 63.5 Å². The molecule has 8 heteroatoms. The van der Waals surface area contributed by atoms with Crippen LogP contribution in [-0.4, -0.2) is 65.9 Å². The number of hydrogen-bond donors (Lipinski definition) is 2. The molecule has 0 aromatic carbocycles. The van der Waals surface area contributed by atoms with Gasteiger partial charge in [-0.2, -0.15) is 0 Å². The monoisotopic (exact) mass is 386 g/mol. The molecule has 1 saturated carbocycles. The first-order valence-corrected chi connectivity index (χ1v) is 9.58. The molecule has 2 aliphatic heterocycles.